The number of unbranched alkanes of at least 4 members (excludes halogenated alkanes) is 14. The van der Waals surface area contributed by atoms with Gasteiger partial charge in [-0.25, -0.2) is 0 Å². The minimum Gasteiger partial charge on any atom is -0.487 e. The summed E-state index contributed by atoms with van der Waals surface area (Å²) in [7, 11) is 0. The Morgan fingerprint density at radius 1 is 0.565 bits per heavy atom. The largest absolute Gasteiger partial charge is 0.487 e. The van der Waals surface area contributed by atoms with Crippen LogP contribution in [0.5, 0.6) is 0 Å². The molecule has 0 aromatic carbocycles. The highest BCUT2D eigenvalue weighted by Gasteiger charge is 1.98. The molecular formula is C21H42OS. The van der Waals surface area contributed by atoms with Crippen LogP contribution in [-0.2, 0) is 4.74 Å². The Morgan fingerprint density at radius 2 is 0.957 bits per heavy atom. The Bertz CT molecular complexity index is 240. The van der Waals surface area contributed by atoms with E-state index in [-0.39, 0.29) is 0 Å². The third-order valence-corrected chi connectivity index (χ3v) is 4.82. The van der Waals surface area contributed by atoms with Gasteiger partial charge in [-0.1, -0.05) is 104 Å². The van der Waals surface area contributed by atoms with Gasteiger partial charge in [0.05, 0.1) is 6.61 Å². The minimum atomic E-state index is 0.831. The van der Waals surface area contributed by atoms with E-state index in [1.165, 1.54) is 103 Å². The zero-order valence-electron chi connectivity index (χ0n) is 16.0. The third-order valence-electron chi connectivity index (χ3n) is 4.50. The zero-order chi connectivity index (χ0) is 17.0. The summed E-state index contributed by atoms with van der Waals surface area (Å²) in [5.74, 6) is 0. The first-order valence-electron chi connectivity index (χ1n) is 10.5. The van der Waals surface area contributed by atoms with Gasteiger partial charge in [-0.2, -0.15) is 0 Å². The second-order valence-corrected chi connectivity index (χ2v) is 7.38. The molecule has 138 valence electrons. The van der Waals surface area contributed by atoms with Crippen LogP contribution >= 0.6 is 12.2 Å². The molecule has 2 heteroatoms. The lowest BCUT2D eigenvalue weighted by atomic mass is 10.0. The van der Waals surface area contributed by atoms with Gasteiger partial charge < -0.3 is 4.74 Å². The number of thiocarbonyl (C=S) groups is 1. The molecule has 0 rings (SSSR count). The second-order valence-electron chi connectivity index (χ2n) is 6.92. The molecular weight excluding hydrogens is 300 g/mol. The number of rotatable bonds is 18. The maximum atomic E-state index is 5.62. The van der Waals surface area contributed by atoms with Gasteiger partial charge in [-0.15, -0.1) is 0 Å². The molecule has 0 aliphatic heterocycles. The fourth-order valence-corrected chi connectivity index (χ4v) is 3.13. The topological polar surface area (TPSA) is 9.23 Å². The third kappa shape index (κ3) is 19.8. The molecule has 0 fully saturated rings. The normalized spacial score (nSPS) is 10.9. The molecule has 0 saturated heterocycles. The lowest BCUT2D eigenvalue weighted by Gasteiger charge is -2.07. The van der Waals surface area contributed by atoms with Crippen LogP contribution in [0.2, 0.25) is 0 Å². The molecule has 0 N–H and O–H groups in total. The summed E-state index contributed by atoms with van der Waals surface area (Å²) >= 11 is 5.24. The van der Waals surface area contributed by atoms with Crippen molar-refractivity contribution in [2.24, 2.45) is 0 Å². The predicted octanol–water partition coefficient (Wildman–Crippen LogP) is 8.00. The van der Waals surface area contributed by atoms with E-state index in [1.807, 2.05) is 0 Å². The summed E-state index contributed by atoms with van der Waals surface area (Å²) in [6, 6.07) is 0. The first kappa shape index (κ1) is 22.9. The molecule has 0 aliphatic carbocycles. The Labute approximate surface area is 152 Å². The van der Waals surface area contributed by atoms with Gasteiger partial charge in [0.2, 0.25) is 0 Å². The summed E-state index contributed by atoms with van der Waals surface area (Å²) in [6.07, 6.45) is 22.8. The number of hydrogen-bond acceptors (Lipinski definition) is 2. The van der Waals surface area contributed by atoms with Crippen molar-refractivity contribution in [1.82, 2.24) is 0 Å². The molecule has 0 spiro atoms. The van der Waals surface area contributed by atoms with Crippen molar-refractivity contribution in [3.63, 3.8) is 0 Å². The van der Waals surface area contributed by atoms with Crippen molar-refractivity contribution in [1.29, 1.82) is 0 Å². The lowest BCUT2D eigenvalue weighted by Crippen LogP contribution is -2.03. The predicted molar refractivity (Wildman–Crippen MR) is 108 cm³/mol. The molecule has 0 aliphatic rings. The molecule has 0 unspecified atom stereocenters. The number of ether oxygens (including phenoxy) is 1. The maximum absolute atomic E-state index is 5.62. The van der Waals surface area contributed by atoms with Crippen LogP contribution in [0, 0.1) is 0 Å². The molecule has 23 heavy (non-hydrogen) atoms. The van der Waals surface area contributed by atoms with Crippen LogP contribution in [0.4, 0.5) is 0 Å². The highest BCUT2D eigenvalue weighted by Crippen LogP contribution is 2.12. The standard InChI is InChI=1S/C21H42OS/c1-3-5-7-8-9-10-11-12-13-14-15-16-18-20-22-21(23)19-17-6-4-2/h3-20H2,1-2H3. The maximum Gasteiger partial charge on any atom is 0.159 e. The van der Waals surface area contributed by atoms with Crippen molar-refractivity contribution < 1.29 is 4.74 Å². The van der Waals surface area contributed by atoms with Crippen LogP contribution in [0.15, 0.2) is 0 Å². The van der Waals surface area contributed by atoms with E-state index in [2.05, 4.69) is 13.8 Å². The molecule has 0 heterocycles. The van der Waals surface area contributed by atoms with E-state index in [4.69, 9.17) is 17.0 Å². The van der Waals surface area contributed by atoms with E-state index >= 15 is 0 Å². The monoisotopic (exact) mass is 342 g/mol. The van der Waals surface area contributed by atoms with Gasteiger partial charge >= 0.3 is 0 Å². The molecule has 0 aromatic heterocycles. The highest BCUT2D eigenvalue weighted by molar-refractivity contribution is 7.80. The van der Waals surface area contributed by atoms with Crippen molar-refractivity contribution in [2.75, 3.05) is 6.61 Å². The van der Waals surface area contributed by atoms with Gasteiger partial charge in [-0.05, 0) is 25.1 Å². The Kier molecular flexibility index (Phi) is 19.8. The van der Waals surface area contributed by atoms with Gasteiger partial charge in [0.1, 0.15) is 0 Å². The molecule has 0 bridgehead atoms. The smallest absolute Gasteiger partial charge is 0.159 e. The quantitative estimate of drug-likeness (QED) is 0.184. The van der Waals surface area contributed by atoms with Gasteiger partial charge in [0.25, 0.3) is 0 Å². The van der Waals surface area contributed by atoms with Gasteiger partial charge in [-0.3, -0.25) is 0 Å². The molecule has 0 atom stereocenters. The summed E-state index contributed by atoms with van der Waals surface area (Å²) in [5, 5.41) is 0.831. The first-order chi connectivity index (χ1) is 11.3. The van der Waals surface area contributed by atoms with Crippen LogP contribution in [-0.4, -0.2) is 11.7 Å². The summed E-state index contributed by atoms with van der Waals surface area (Å²) in [4.78, 5) is 0. The number of hydrogen-bond donors (Lipinski definition) is 0. The highest BCUT2D eigenvalue weighted by atomic mass is 32.1. The van der Waals surface area contributed by atoms with E-state index in [0.29, 0.717) is 0 Å². The second kappa shape index (κ2) is 19.9. The average molecular weight is 343 g/mol. The van der Waals surface area contributed by atoms with Crippen LogP contribution in [0.3, 0.4) is 0 Å². The summed E-state index contributed by atoms with van der Waals surface area (Å²) < 4.78 is 5.62. The van der Waals surface area contributed by atoms with Gasteiger partial charge in [0, 0.05) is 6.42 Å². The van der Waals surface area contributed by atoms with E-state index in [1.54, 1.807) is 0 Å². The van der Waals surface area contributed by atoms with Crippen LogP contribution in [0.1, 0.15) is 123 Å². The minimum absolute atomic E-state index is 0.831. The molecule has 0 aromatic rings. The Balaban J connectivity index is 3.06. The van der Waals surface area contributed by atoms with Crippen LogP contribution in [0.25, 0.3) is 0 Å². The summed E-state index contributed by atoms with van der Waals surface area (Å²) in [6.45, 7) is 5.34. The Morgan fingerprint density at radius 3 is 1.43 bits per heavy atom. The first-order valence-corrected chi connectivity index (χ1v) is 10.9. The molecule has 0 amide bonds. The van der Waals surface area contributed by atoms with Crippen LogP contribution < -0.4 is 0 Å². The van der Waals surface area contributed by atoms with E-state index in [0.717, 1.165) is 18.1 Å². The fourth-order valence-electron chi connectivity index (χ4n) is 2.90. The van der Waals surface area contributed by atoms with E-state index in [9.17, 15) is 0 Å². The zero-order valence-corrected chi connectivity index (χ0v) is 16.9. The van der Waals surface area contributed by atoms with E-state index < -0.39 is 0 Å². The van der Waals surface area contributed by atoms with Crippen molar-refractivity contribution in [3.8, 4) is 0 Å². The molecule has 0 radical (unpaired) electrons. The summed E-state index contributed by atoms with van der Waals surface area (Å²) in [5.41, 5.74) is 0. The van der Waals surface area contributed by atoms with Crippen molar-refractivity contribution >= 4 is 17.3 Å². The van der Waals surface area contributed by atoms with Crippen molar-refractivity contribution in [3.05, 3.63) is 0 Å². The van der Waals surface area contributed by atoms with Crippen molar-refractivity contribution in [2.45, 2.75) is 123 Å². The van der Waals surface area contributed by atoms with Gasteiger partial charge in [0.15, 0.2) is 5.05 Å². The Hall–Kier alpha value is -0.110. The SMILES string of the molecule is CCCCCCCCCCCCCCCOC(=S)CCCCC. The molecule has 1 nitrogen and oxygen atoms in total. The average Bonchev–Trinajstić information content (AvgIpc) is 2.55. The molecule has 0 saturated carbocycles. The fraction of sp³-hybridized carbons (Fsp3) is 0.952. The lowest BCUT2D eigenvalue weighted by molar-refractivity contribution is 0.291.